The Hall–Kier alpha value is -2.52. The minimum Gasteiger partial charge on any atom is -0.281 e. The molecule has 24 heavy (non-hydrogen) atoms. The summed E-state index contributed by atoms with van der Waals surface area (Å²) < 4.78 is 27.1. The number of hydrogen-bond donors (Lipinski definition) is 2. The van der Waals surface area contributed by atoms with Crippen LogP contribution in [-0.2, 0) is 10.0 Å². The van der Waals surface area contributed by atoms with E-state index in [0.717, 1.165) is 4.90 Å². The lowest BCUT2D eigenvalue weighted by Crippen LogP contribution is -2.38. The zero-order chi connectivity index (χ0) is 17.5. The number of aromatic nitrogens is 2. The molecule has 2 N–H and O–H groups in total. The second-order valence-corrected chi connectivity index (χ2v) is 7.17. The number of carbonyl (C=O) groups excluding carboxylic acids is 2. The van der Waals surface area contributed by atoms with Crippen LogP contribution in [0.1, 0.15) is 32.1 Å². The molecular formula is C15H16N4O4S. The van der Waals surface area contributed by atoms with Gasteiger partial charge in [-0.05, 0) is 26.0 Å². The molecule has 2 heterocycles. The fraction of sp³-hybridized carbons (Fsp3) is 0.267. The van der Waals surface area contributed by atoms with Gasteiger partial charge in [-0.25, -0.2) is 13.1 Å². The van der Waals surface area contributed by atoms with Crippen molar-refractivity contribution >= 4 is 21.8 Å². The Morgan fingerprint density at radius 2 is 1.71 bits per heavy atom. The Bertz CT molecular complexity index is 878. The van der Waals surface area contributed by atoms with Gasteiger partial charge >= 0.3 is 0 Å². The van der Waals surface area contributed by atoms with Crippen LogP contribution < -0.4 is 4.72 Å². The summed E-state index contributed by atoms with van der Waals surface area (Å²) in [5, 5.41) is 6.47. The second-order valence-electron chi connectivity index (χ2n) is 5.47. The number of fused-ring (bicyclic) bond motifs is 1. The van der Waals surface area contributed by atoms with Crippen LogP contribution >= 0.6 is 0 Å². The van der Waals surface area contributed by atoms with Crippen molar-refractivity contribution in [2.24, 2.45) is 0 Å². The predicted molar refractivity (Wildman–Crippen MR) is 85.1 cm³/mol. The SMILES string of the molecule is Cc1n[nH]c(C)c1S(=O)(=O)NCCN1C(=O)c2ccccc2C1=O. The maximum atomic E-state index is 12.3. The summed E-state index contributed by atoms with van der Waals surface area (Å²) >= 11 is 0. The third-order valence-electron chi connectivity index (χ3n) is 3.83. The number of H-pyrrole nitrogens is 1. The smallest absolute Gasteiger partial charge is 0.261 e. The molecule has 0 bridgehead atoms. The first-order valence-corrected chi connectivity index (χ1v) is 8.77. The van der Waals surface area contributed by atoms with Crippen LogP contribution in [-0.4, -0.2) is 48.4 Å². The van der Waals surface area contributed by atoms with E-state index in [4.69, 9.17) is 0 Å². The highest BCUT2D eigenvalue weighted by Crippen LogP contribution is 2.22. The van der Waals surface area contributed by atoms with Gasteiger partial charge in [0.2, 0.25) is 10.0 Å². The van der Waals surface area contributed by atoms with Crippen molar-refractivity contribution in [3.05, 3.63) is 46.8 Å². The summed E-state index contributed by atoms with van der Waals surface area (Å²) in [5.74, 6) is -0.823. The van der Waals surface area contributed by atoms with Crippen LogP contribution in [0.25, 0.3) is 0 Å². The topological polar surface area (TPSA) is 112 Å². The van der Waals surface area contributed by atoms with Gasteiger partial charge in [-0.2, -0.15) is 5.10 Å². The zero-order valence-electron chi connectivity index (χ0n) is 13.2. The van der Waals surface area contributed by atoms with Crippen molar-refractivity contribution in [2.75, 3.05) is 13.1 Å². The molecule has 126 valence electrons. The van der Waals surface area contributed by atoms with Gasteiger partial charge in [-0.3, -0.25) is 19.6 Å². The van der Waals surface area contributed by atoms with E-state index >= 15 is 0 Å². The molecular weight excluding hydrogens is 332 g/mol. The molecule has 3 rings (SSSR count). The van der Waals surface area contributed by atoms with Gasteiger partial charge in [0, 0.05) is 13.1 Å². The van der Waals surface area contributed by atoms with Crippen LogP contribution in [0.2, 0.25) is 0 Å². The summed E-state index contributed by atoms with van der Waals surface area (Å²) in [7, 11) is -3.77. The lowest BCUT2D eigenvalue weighted by molar-refractivity contribution is 0.0657. The van der Waals surface area contributed by atoms with Crippen LogP contribution in [0.4, 0.5) is 0 Å². The van der Waals surface area contributed by atoms with Crippen molar-refractivity contribution in [1.82, 2.24) is 19.8 Å². The molecule has 0 spiro atoms. The Labute approximate surface area is 138 Å². The number of nitrogens with one attached hydrogen (secondary N) is 2. The minimum absolute atomic E-state index is 0.0402. The molecule has 0 saturated carbocycles. The molecule has 1 aromatic heterocycles. The zero-order valence-corrected chi connectivity index (χ0v) is 14.0. The average Bonchev–Trinajstić information content (AvgIpc) is 3.00. The molecule has 8 nitrogen and oxygen atoms in total. The van der Waals surface area contributed by atoms with Gasteiger partial charge in [0.25, 0.3) is 11.8 Å². The summed E-state index contributed by atoms with van der Waals surface area (Å²) in [4.78, 5) is 25.6. The van der Waals surface area contributed by atoms with Crippen molar-refractivity contribution in [3.63, 3.8) is 0 Å². The normalized spacial score (nSPS) is 14.3. The molecule has 2 amide bonds. The summed E-state index contributed by atoms with van der Waals surface area (Å²) in [5.41, 5.74) is 1.47. The maximum Gasteiger partial charge on any atom is 0.261 e. The second kappa shape index (κ2) is 5.84. The maximum absolute atomic E-state index is 12.3. The van der Waals surface area contributed by atoms with Crippen LogP contribution in [0, 0.1) is 13.8 Å². The van der Waals surface area contributed by atoms with E-state index in [1.807, 2.05) is 0 Å². The third-order valence-corrected chi connectivity index (χ3v) is 5.56. The van der Waals surface area contributed by atoms with Crippen molar-refractivity contribution in [1.29, 1.82) is 0 Å². The summed E-state index contributed by atoms with van der Waals surface area (Å²) in [6, 6.07) is 6.53. The van der Waals surface area contributed by atoms with Crippen LogP contribution in [0.5, 0.6) is 0 Å². The average molecular weight is 348 g/mol. The number of imide groups is 1. The number of aryl methyl sites for hydroxylation is 2. The highest BCUT2D eigenvalue weighted by molar-refractivity contribution is 7.89. The van der Waals surface area contributed by atoms with E-state index in [2.05, 4.69) is 14.9 Å². The number of carbonyl (C=O) groups is 2. The highest BCUT2D eigenvalue weighted by atomic mass is 32.2. The van der Waals surface area contributed by atoms with Gasteiger partial charge in [0.1, 0.15) is 4.90 Å². The lowest BCUT2D eigenvalue weighted by Gasteiger charge is -2.14. The Morgan fingerprint density at radius 3 is 2.21 bits per heavy atom. The van der Waals surface area contributed by atoms with Crippen molar-refractivity contribution < 1.29 is 18.0 Å². The van der Waals surface area contributed by atoms with E-state index in [-0.39, 0.29) is 18.0 Å². The molecule has 0 aliphatic carbocycles. The fourth-order valence-electron chi connectivity index (χ4n) is 2.74. The molecule has 0 saturated heterocycles. The first-order chi connectivity index (χ1) is 11.3. The molecule has 0 radical (unpaired) electrons. The van der Waals surface area contributed by atoms with Crippen molar-refractivity contribution in [2.45, 2.75) is 18.7 Å². The quantitative estimate of drug-likeness (QED) is 0.769. The van der Waals surface area contributed by atoms with Gasteiger partial charge < -0.3 is 0 Å². The van der Waals surface area contributed by atoms with E-state index in [9.17, 15) is 18.0 Å². The van der Waals surface area contributed by atoms with Gasteiger partial charge in [-0.15, -0.1) is 0 Å². The number of nitrogens with zero attached hydrogens (tertiary/aromatic N) is 2. The number of amides is 2. The predicted octanol–water partition coefficient (Wildman–Crippen LogP) is 0.601. The van der Waals surface area contributed by atoms with E-state index in [1.54, 1.807) is 38.1 Å². The summed E-state index contributed by atoms with van der Waals surface area (Å²) in [6.07, 6.45) is 0. The van der Waals surface area contributed by atoms with Gasteiger partial charge in [-0.1, -0.05) is 12.1 Å². The highest BCUT2D eigenvalue weighted by Gasteiger charge is 2.35. The number of benzene rings is 1. The molecule has 9 heteroatoms. The minimum atomic E-state index is -3.77. The fourth-order valence-corrected chi connectivity index (χ4v) is 4.13. The molecule has 1 aliphatic rings. The number of aromatic amines is 1. The van der Waals surface area contributed by atoms with Crippen LogP contribution in [0.15, 0.2) is 29.2 Å². The molecule has 1 aliphatic heterocycles. The van der Waals surface area contributed by atoms with Gasteiger partial charge in [0.05, 0.1) is 22.5 Å². The molecule has 0 atom stereocenters. The van der Waals surface area contributed by atoms with E-state index < -0.39 is 21.8 Å². The third kappa shape index (κ3) is 2.61. The number of rotatable bonds is 5. The first-order valence-electron chi connectivity index (χ1n) is 7.29. The Kier molecular flexibility index (Phi) is 3.98. The number of sulfonamides is 1. The summed E-state index contributed by atoms with van der Waals surface area (Å²) in [6.45, 7) is 3.08. The molecule has 2 aromatic rings. The van der Waals surface area contributed by atoms with E-state index in [0.29, 0.717) is 22.5 Å². The largest absolute Gasteiger partial charge is 0.281 e. The van der Waals surface area contributed by atoms with Crippen molar-refractivity contribution in [3.8, 4) is 0 Å². The standard InChI is InChI=1S/C15H16N4O4S/c1-9-13(10(2)18-17-9)24(22,23)16-7-8-19-14(20)11-5-3-4-6-12(11)15(19)21/h3-6,16H,7-8H2,1-2H3,(H,17,18). The molecule has 1 aromatic carbocycles. The monoisotopic (exact) mass is 348 g/mol. The van der Waals surface area contributed by atoms with E-state index in [1.165, 1.54) is 0 Å². The first kappa shape index (κ1) is 16.3. The van der Waals surface area contributed by atoms with Crippen LogP contribution in [0.3, 0.4) is 0 Å². The number of hydrogen-bond acceptors (Lipinski definition) is 5. The Balaban J connectivity index is 1.70. The van der Waals surface area contributed by atoms with Gasteiger partial charge in [0.15, 0.2) is 0 Å². The Morgan fingerprint density at radius 1 is 1.12 bits per heavy atom. The molecule has 0 fully saturated rings. The lowest BCUT2D eigenvalue weighted by atomic mass is 10.1. The molecule has 0 unspecified atom stereocenters.